The molecule has 1 aromatic rings. The van der Waals surface area contributed by atoms with E-state index in [2.05, 4.69) is 10.4 Å². The van der Waals surface area contributed by atoms with Gasteiger partial charge in [-0.1, -0.05) is 26.7 Å². The Morgan fingerprint density at radius 1 is 1.40 bits per heavy atom. The SMILES string of the molecule is CCCC(CCC)C(=O)Nc1nn(C)cc1S(N)(=O)=O. The van der Waals surface area contributed by atoms with E-state index in [1.54, 1.807) is 7.05 Å². The maximum atomic E-state index is 12.2. The van der Waals surface area contributed by atoms with Crippen molar-refractivity contribution in [1.82, 2.24) is 9.78 Å². The number of aromatic nitrogens is 2. The molecule has 0 atom stereocenters. The molecule has 7 nitrogen and oxygen atoms in total. The molecule has 0 aliphatic heterocycles. The molecule has 8 heteroatoms. The molecule has 1 rings (SSSR count). The monoisotopic (exact) mass is 302 g/mol. The van der Waals surface area contributed by atoms with Gasteiger partial charge in [0.25, 0.3) is 0 Å². The highest BCUT2D eigenvalue weighted by Gasteiger charge is 2.23. The summed E-state index contributed by atoms with van der Waals surface area (Å²) in [6.45, 7) is 4.01. The lowest BCUT2D eigenvalue weighted by molar-refractivity contribution is -0.120. The molecule has 0 aliphatic carbocycles. The average Bonchev–Trinajstić information content (AvgIpc) is 2.69. The zero-order valence-electron chi connectivity index (χ0n) is 12.1. The van der Waals surface area contributed by atoms with Crippen LogP contribution in [0.25, 0.3) is 0 Å². The molecule has 0 fully saturated rings. The van der Waals surface area contributed by atoms with Crippen LogP contribution in [0.5, 0.6) is 0 Å². The summed E-state index contributed by atoms with van der Waals surface area (Å²) >= 11 is 0. The summed E-state index contributed by atoms with van der Waals surface area (Å²) in [4.78, 5) is 12.0. The van der Waals surface area contributed by atoms with Crippen LogP contribution in [0.1, 0.15) is 39.5 Å². The predicted octanol–water partition coefficient (Wildman–Crippen LogP) is 1.22. The highest BCUT2D eigenvalue weighted by molar-refractivity contribution is 7.89. The Balaban J connectivity index is 2.95. The van der Waals surface area contributed by atoms with Crippen molar-refractivity contribution in [3.8, 4) is 0 Å². The van der Waals surface area contributed by atoms with Crippen molar-refractivity contribution in [2.75, 3.05) is 5.32 Å². The lowest BCUT2D eigenvalue weighted by Crippen LogP contribution is -2.24. The number of aryl methyl sites for hydroxylation is 1. The zero-order chi connectivity index (χ0) is 15.3. The first-order valence-electron chi connectivity index (χ1n) is 6.66. The molecular formula is C12H22N4O3S. The first-order valence-corrected chi connectivity index (χ1v) is 8.21. The van der Waals surface area contributed by atoms with Crippen LogP contribution in [0.3, 0.4) is 0 Å². The second-order valence-electron chi connectivity index (χ2n) is 4.82. The van der Waals surface area contributed by atoms with Crippen molar-refractivity contribution in [1.29, 1.82) is 0 Å². The Morgan fingerprint density at radius 2 is 1.95 bits per heavy atom. The van der Waals surface area contributed by atoms with Gasteiger partial charge in [0.15, 0.2) is 5.82 Å². The van der Waals surface area contributed by atoms with Crippen LogP contribution in [0, 0.1) is 5.92 Å². The number of primary sulfonamides is 1. The maximum Gasteiger partial charge on any atom is 0.243 e. The Kier molecular flexibility index (Phi) is 5.70. The number of sulfonamides is 1. The third-order valence-electron chi connectivity index (χ3n) is 2.99. The Hall–Kier alpha value is -1.41. The normalized spacial score (nSPS) is 11.8. The van der Waals surface area contributed by atoms with E-state index in [4.69, 9.17) is 5.14 Å². The number of nitrogens with two attached hydrogens (primary N) is 1. The molecular weight excluding hydrogens is 280 g/mol. The molecule has 0 aromatic carbocycles. The average molecular weight is 302 g/mol. The van der Waals surface area contributed by atoms with E-state index in [1.165, 1.54) is 10.9 Å². The highest BCUT2D eigenvalue weighted by atomic mass is 32.2. The van der Waals surface area contributed by atoms with E-state index in [0.717, 1.165) is 25.7 Å². The molecule has 1 aromatic heterocycles. The number of anilines is 1. The van der Waals surface area contributed by atoms with Gasteiger partial charge in [0.05, 0.1) is 0 Å². The predicted molar refractivity (Wildman–Crippen MR) is 76.5 cm³/mol. The molecule has 0 unspecified atom stereocenters. The van der Waals surface area contributed by atoms with Gasteiger partial charge < -0.3 is 5.32 Å². The van der Waals surface area contributed by atoms with Gasteiger partial charge in [-0.2, -0.15) is 5.10 Å². The summed E-state index contributed by atoms with van der Waals surface area (Å²) in [5, 5.41) is 11.6. The fourth-order valence-corrected chi connectivity index (χ4v) is 2.74. The number of hydrogen-bond donors (Lipinski definition) is 2. The summed E-state index contributed by atoms with van der Waals surface area (Å²) in [7, 11) is -2.34. The van der Waals surface area contributed by atoms with E-state index < -0.39 is 10.0 Å². The van der Waals surface area contributed by atoms with Crippen molar-refractivity contribution >= 4 is 21.7 Å². The van der Waals surface area contributed by atoms with E-state index in [9.17, 15) is 13.2 Å². The first-order chi connectivity index (χ1) is 9.29. The second-order valence-corrected chi connectivity index (χ2v) is 6.35. The number of carbonyl (C=O) groups is 1. The minimum Gasteiger partial charge on any atom is -0.308 e. The quantitative estimate of drug-likeness (QED) is 0.789. The molecule has 0 spiro atoms. The molecule has 0 radical (unpaired) electrons. The van der Waals surface area contributed by atoms with Crippen LogP contribution in [0.4, 0.5) is 5.82 Å². The van der Waals surface area contributed by atoms with Crippen molar-refractivity contribution in [3.05, 3.63) is 6.20 Å². The Morgan fingerprint density at radius 3 is 2.40 bits per heavy atom. The molecule has 20 heavy (non-hydrogen) atoms. The van der Waals surface area contributed by atoms with Gasteiger partial charge in [-0.25, -0.2) is 13.6 Å². The van der Waals surface area contributed by atoms with Crippen LogP contribution in [0.2, 0.25) is 0 Å². The Labute approximate surface area is 119 Å². The van der Waals surface area contributed by atoms with E-state index in [0.29, 0.717) is 0 Å². The van der Waals surface area contributed by atoms with Gasteiger partial charge in [0.1, 0.15) is 4.90 Å². The highest BCUT2D eigenvalue weighted by Crippen LogP contribution is 2.20. The third-order valence-corrected chi connectivity index (χ3v) is 3.90. The van der Waals surface area contributed by atoms with Gasteiger partial charge >= 0.3 is 0 Å². The fourth-order valence-electron chi connectivity index (χ4n) is 2.08. The zero-order valence-corrected chi connectivity index (χ0v) is 12.9. The van der Waals surface area contributed by atoms with E-state index in [-0.39, 0.29) is 22.5 Å². The van der Waals surface area contributed by atoms with Crippen LogP contribution in [-0.4, -0.2) is 24.1 Å². The van der Waals surface area contributed by atoms with Gasteiger partial charge in [-0.15, -0.1) is 0 Å². The molecule has 0 saturated carbocycles. The third kappa shape index (κ3) is 4.31. The Bertz CT molecular complexity index is 559. The second kappa shape index (κ2) is 6.85. The molecule has 0 aliphatic rings. The molecule has 0 bridgehead atoms. The van der Waals surface area contributed by atoms with Crippen LogP contribution in [0.15, 0.2) is 11.1 Å². The summed E-state index contributed by atoms with van der Waals surface area (Å²) in [6.07, 6.45) is 4.58. The lowest BCUT2D eigenvalue weighted by atomic mass is 9.97. The van der Waals surface area contributed by atoms with Crippen LogP contribution < -0.4 is 10.5 Å². The van der Waals surface area contributed by atoms with Crippen molar-refractivity contribution in [2.45, 2.75) is 44.4 Å². The summed E-state index contributed by atoms with van der Waals surface area (Å²) in [6, 6.07) is 0. The van der Waals surface area contributed by atoms with Crippen molar-refractivity contribution in [2.24, 2.45) is 18.1 Å². The van der Waals surface area contributed by atoms with Gasteiger partial charge in [0.2, 0.25) is 15.9 Å². The van der Waals surface area contributed by atoms with Crippen LogP contribution in [-0.2, 0) is 21.9 Å². The maximum absolute atomic E-state index is 12.2. The minimum atomic E-state index is -3.91. The summed E-state index contributed by atoms with van der Waals surface area (Å²) < 4.78 is 24.2. The van der Waals surface area contributed by atoms with E-state index in [1.807, 2.05) is 13.8 Å². The number of nitrogens with zero attached hydrogens (tertiary/aromatic N) is 2. The molecule has 0 saturated heterocycles. The molecule has 1 heterocycles. The van der Waals surface area contributed by atoms with E-state index >= 15 is 0 Å². The summed E-state index contributed by atoms with van der Waals surface area (Å²) in [5.41, 5.74) is 0. The smallest absolute Gasteiger partial charge is 0.243 e. The standard InChI is InChI=1S/C12H22N4O3S/c1-4-6-9(7-5-2)12(17)14-11-10(20(13,18)19)8-16(3)15-11/h8-9H,4-7H2,1-3H3,(H2,13,18,19)(H,14,15,17). The van der Waals surface area contributed by atoms with Gasteiger partial charge in [-0.3, -0.25) is 9.48 Å². The molecule has 3 N–H and O–H groups in total. The number of carbonyl (C=O) groups excluding carboxylic acids is 1. The fraction of sp³-hybridized carbons (Fsp3) is 0.667. The number of rotatable bonds is 7. The summed E-state index contributed by atoms with van der Waals surface area (Å²) in [5.74, 6) is -0.352. The van der Waals surface area contributed by atoms with Crippen LogP contribution >= 0.6 is 0 Å². The van der Waals surface area contributed by atoms with Crippen molar-refractivity contribution in [3.63, 3.8) is 0 Å². The molecule has 114 valence electrons. The largest absolute Gasteiger partial charge is 0.308 e. The number of amides is 1. The first kappa shape index (κ1) is 16.6. The minimum absolute atomic E-state index is 0.00259. The molecule has 1 amide bonds. The van der Waals surface area contributed by atoms with Gasteiger partial charge in [-0.05, 0) is 12.8 Å². The lowest BCUT2D eigenvalue weighted by Gasteiger charge is -2.14. The topological polar surface area (TPSA) is 107 Å². The number of nitrogens with one attached hydrogen (secondary N) is 1. The number of hydrogen-bond acceptors (Lipinski definition) is 4. The van der Waals surface area contributed by atoms with Crippen molar-refractivity contribution < 1.29 is 13.2 Å². The van der Waals surface area contributed by atoms with Gasteiger partial charge in [0, 0.05) is 19.2 Å².